The molecule has 0 aromatic carbocycles. The molecule has 2 rings (SSSR count). The van der Waals surface area contributed by atoms with Crippen molar-refractivity contribution in [3.05, 3.63) is 42.1 Å². The maximum atomic E-state index is 5.20. The molecule has 0 aliphatic heterocycles. The second-order valence-corrected chi connectivity index (χ2v) is 4.05. The van der Waals surface area contributed by atoms with E-state index in [0.717, 1.165) is 30.9 Å². The van der Waals surface area contributed by atoms with Crippen LogP contribution in [0.2, 0.25) is 0 Å². The Hall–Kier alpha value is -1.88. The number of imidazole rings is 1. The molecule has 2 heterocycles. The first-order valence-corrected chi connectivity index (χ1v) is 5.96. The summed E-state index contributed by atoms with van der Waals surface area (Å²) in [6.45, 7) is 1.63. The van der Waals surface area contributed by atoms with Gasteiger partial charge in [-0.15, -0.1) is 0 Å². The molecule has 2 aromatic rings. The zero-order chi connectivity index (χ0) is 12.8. The molecule has 96 valence electrons. The first kappa shape index (κ1) is 12.6. The van der Waals surface area contributed by atoms with Crippen molar-refractivity contribution in [3.8, 4) is 5.88 Å². The summed E-state index contributed by atoms with van der Waals surface area (Å²) in [5.41, 5.74) is 1.07. The highest BCUT2D eigenvalue weighted by Crippen LogP contribution is 2.12. The maximum Gasteiger partial charge on any atom is 0.217 e. The van der Waals surface area contributed by atoms with Gasteiger partial charge in [0.25, 0.3) is 0 Å². The van der Waals surface area contributed by atoms with Crippen LogP contribution in [0.1, 0.15) is 11.4 Å². The lowest BCUT2D eigenvalue weighted by Crippen LogP contribution is -2.18. The molecule has 0 unspecified atom stereocenters. The van der Waals surface area contributed by atoms with Gasteiger partial charge in [0, 0.05) is 50.7 Å². The summed E-state index contributed by atoms with van der Waals surface area (Å²) < 4.78 is 7.23. The predicted molar refractivity (Wildman–Crippen MR) is 69.4 cm³/mol. The standard InChI is InChI=1S/C13H18N4O/c1-17-9-8-15-12(17)5-7-14-10-11-4-3-6-16-13(11)18-2/h3-4,6,8-9,14H,5,7,10H2,1-2H3. The summed E-state index contributed by atoms with van der Waals surface area (Å²) in [5, 5.41) is 3.37. The first-order valence-electron chi connectivity index (χ1n) is 5.96. The van der Waals surface area contributed by atoms with Crippen LogP contribution in [0.4, 0.5) is 0 Å². The molecule has 0 aliphatic rings. The van der Waals surface area contributed by atoms with Crippen molar-refractivity contribution in [2.45, 2.75) is 13.0 Å². The Morgan fingerprint density at radius 3 is 2.94 bits per heavy atom. The number of methoxy groups -OCH3 is 1. The molecule has 0 aliphatic carbocycles. The summed E-state index contributed by atoms with van der Waals surface area (Å²) in [6, 6.07) is 3.93. The van der Waals surface area contributed by atoms with Gasteiger partial charge in [-0.1, -0.05) is 6.07 Å². The van der Waals surface area contributed by atoms with Gasteiger partial charge in [-0.05, 0) is 6.07 Å². The lowest BCUT2D eigenvalue weighted by atomic mass is 10.2. The third-order valence-electron chi connectivity index (χ3n) is 2.81. The second kappa shape index (κ2) is 6.16. The van der Waals surface area contributed by atoms with E-state index in [9.17, 15) is 0 Å². The summed E-state index contributed by atoms with van der Waals surface area (Å²) >= 11 is 0. The van der Waals surface area contributed by atoms with Crippen LogP contribution >= 0.6 is 0 Å². The van der Waals surface area contributed by atoms with Crippen LogP contribution in [0.25, 0.3) is 0 Å². The largest absolute Gasteiger partial charge is 0.481 e. The number of pyridine rings is 1. The van der Waals surface area contributed by atoms with Crippen molar-refractivity contribution in [2.75, 3.05) is 13.7 Å². The summed E-state index contributed by atoms with van der Waals surface area (Å²) in [7, 11) is 3.65. The fourth-order valence-electron chi connectivity index (χ4n) is 1.80. The number of aromatic nitrogens is 3. The van der Waals surface area contributed by atoms with Crippen LogP contribution in [0, 0.1) is 0 Å². The molecule has 0 radical (unpaired) electrons. The Labute approximate surface area is 107 Å². The van der Waals surface area contributed by atoms with Gasteiger partial charge in [0.2, 0.25) is 5.88 Å². The number of ether oxygens (including phenoxy) is 1. The van der Waals surface area contributed by atoms with Gasteiger partial charge < -0.3 is 14.6 Å². The van der Waals surface area contributed by atoms with E-state index in [1.54, 1.807) is 13.3 Å². The molecule has 0 saturated carbocycles. The minimum absolute atomic E-state index is 0.682. The molecular formula is C13H18N4O. The van der Waals surface area contributed by atoms with Gasteiger partial charge in [0.1, 0.15) is 5.82 Å². The predicted octanol–water partition coefficient (Wildman–Crippen LogP) is 1.16. The van der Waals surface area contributed by atoms with E-state index in [-0.39, 0.29) is 0 Å². The van der Waals surface area contributed by atoms with Crippen LogP contribution in [0.5, 0.6) is 5.88 Å². The highest BCUT2D eigenvalue weighted by molar-refractivity contribution is 5.24. The quantitative estimate of drug-likeness (QED) is 0.777. The number of aryl methyl sites for hydroxylation is 1. The van der Waals surface area contributed by atoms with Crippen molar-refractivity contribution in [3.63, 3.8) is 0 Å². The minimum atomic E-state index is 0.682. The molecule has 5 heteroatoms. The van der Waals surface area contributed by atoms with Crippen molar-refractivity contribution in [1.82, 2.24) is 19.9 Å². The van der Waals surface area contributed by atoms with E-state index in [1.165, 1.54) is 0 Å². The number of rotatable bonds is 6. The molecule has 0 amide bonds. The van der Waals surface area contributed by atoms with Crippen LogP contribution in [-0.4, -0.2) is 28.2 Å². The molecule has 0 atom stereocenters. The Morgan fingerprint density at radius 1 is 1.33 bits per heavy atom. The van der Waals surface area contributed by atoms with Gasteiger partial charge in [-0.25, -0.2) is 9.97 Å². The molecule has 0 bridgehead atoms. The number of nitrogens with zero attached hydrogens (tertiary/aromatic N) is 3. The van der Waals surface area contributed by atoms with E-state index in [1.807, 2.05) is 36.1 Å². The number of hydrogen-bond acceptors (Lipinski definition) is 4. The minimum Gasteiger partial charge on any atom is -0.481 e. The number of nitrogens with one attached hydrogen (secondary N) is 1. The lowest BCUT2D eigenvalue weighted by molar-refractivity contribution is 0.390. The Morgan fingerprint density at radius 2 is 2.22 bits per heavy atom. The van der Waals surface area contributed by atoms with Crippen LogP contribution in [-0.2, 0) is 20.0 Å². The lowest BCUT2D eigenvalue weighted by Gasteiger charge is -2.08. The van der Waals surface area contributed by atoms with Crippen LogP contribution < -0.4 is 10.1 Å². The van der Waals surface area contributed by atoms with E-state index in [4.69, 9.17) is 4.74 Å². The average molecular weight is 246 g/mol. The van der Waals surface area contributed by atoms with E-state index in [2.05, 4.69) is 15.3 Å². The normalized spacial score (nSPS) is 10.6. The third kappa shape index (κ3) is 3.07. The summed E-state index contributed by atoms with van der Waals surface area (Å²) in [4.78, 5) is 8.44. The van der Waals surface area contributed by atoms with Crippen molar-refractivity contribution in [2.24, 2.45) is 7.05 Å². The summed E-state index contributed by atoms with van der Waals surface area (Å²) in [5.74, 6) is 1.77. The maximum absolute atomic E-state index is 5.20. The first-order chi connectivity index (χ1) is 8.81. The SMILES string of the molecule is COc1ncccc1CNCCc1nccn1C. The molecule has 0 saturated heterocycles. The van der Waals surface area contributed by atoms with Crippen molar-refractivity contribution >= 4 is 0 Å². The molecule has 18 heavy (non-hydrogen) atoms. The molecular weight excluding hydrogens is 228 g/mol. The molecule has 0 spiro atoms. The highest BCUT2D eigenvalue weighted by atomic mass is 16.5. The number of hydrogen-bond donors (Lipinski definition) is 1. The van der Waals surface area contributed by atoms with E-state index >= 15 is 0 Å². The summed E-state index contributed by atoms with van der Waals surface area (Å²) in [6.07, 6.45) is 6.42. The van der Waals surface area contributed by atoms with Crippen molar-refractivity contribution in [1.29, 1.82) is 0 Å². The van der Waals surface area contributed by atoms with Crippen LogP contribution in [0.3, 0.4) is 0 Å². The van der Waals surface area contributed by atoms with E-state index < -0.39 is 0 Å². The monoisotopic (exact) mass is 246 g/mol. The smallest absolute Gasteiger partial charge is 0.217 e. The molecule has 2 aromatic heterocycles. The third-order valence-corrected chi connectivity index (χ3v) is 2.81. The zero-order valence-corrected chi connectivity index (χ0v) is 10.8. The fraction of sp³-hybridized carbons (Fsp3) is 0.385. The van der Waals surface area contributed by atoms with Gasteiger partial charge in [0.15, 0.2) is 0 Å². The van der Waals surface area contributed by atoms with Gasteiger partial charge >= 0.3 is 0 Å². The average Bonchev–Trinajstić information content (AvgIpc) is 2.81. The molecule has 0 fully saturated rings. The van der Waals surface area contributed by atoms with E-state index in [0.29, 0.717) is 5.88 Å². The Balaban J connectivity index is 1.80. The van der Waals surface area contributed by atoms with Gasteiger partial charge in [-0.2, -0.15) is 0 Å². The van der Waals surface area contributed by atoms with Gasteiger partial charge in [-0.3, -0.25) is 0 Å². The van der Waals surface area contributed by atoms with Gasteiger partial charge in [0.05, 0.1) is 7.11 Å². The Kier molecular flexibility index (Phi) is 4.30. The van der Waals surface area contributed by atoms with Crippen LogP contribution in [0.15, 0.2) is 30.7 Å². The second-order valence-electron chi connectivity index (χ2n) is 4.05. The fourth-order valence-corrected chi connectivity index (χ4v) is 1.80. The Bertz CT molecular complexity index is 495. The highest BCUT2D eigenvalue weighted by Gasteiger charge is 2.03. The molecule has 5 nitrogen and oxygen atoms in total. The van der Waals surface area contributed by atoms with Crippen molar-refractivity contribution < 1.29 is 4.74 Å². The topological polar surface area (TPSA) is 52.0 Å². The zero-order valence-electron chi connectivity index (χ0n) is 10.8. The molecule has 1 N–H and O–H groups in total.